The zero-order valence-electron chi connectivity index (χ0n) is 22.7. The van der Waals surface area contributed by atoms with Gasteiger partial charge < -0.3 is 19.2 Å². The first-order chi connectivity index (χ1) is 19.6. The van der Waals surface area contributed by atoms with Crippen molar-refractivity contribution in [2.45, 2.75) is 19.9 Å². The van der Waals surface area contributed by atoms with Crippen LogP contribution in [0.2, 0.25) is 5.02 Å². The molecule has 210 valence electrons. The summed E-state index contributed by atoms with van der Waals surface area (Å²) >= 11 is 7.18. The lowest BCUT2D eigenvalue weighted by Gasteiger charge is -2.25. The molecule has 9 nitrogen and oxygen atoms in total. The van der Waals surface area contributed by atoms with E-state index in [1.807, 2.05) is 43.3 Å². The van der Waals surface area contributed by atoms with Crippen molar-refractivity contribution in [3.63, 3.8) is 0 Å². The third kappa shape index (κ3) is 5.36. The Labute approximate surface area is 243 Å². The van der Waals surface area contributed by atoms with Crippen LogP contribution in [-0.2, 0) is 9.53 Å². The van der Waals surface area contributed by atoms with Gasteiger partial charge in [-0.25, -0.2) is 14.6 Å². The molecule has 0 fully saturated rings. The fourth-order valence-corrected chi connectivity index (χ4v) is 5.84. The maximum absolute atomic E-state index is 13.8. The van der Waals surface area contributed by atoms with Crippen molar-refractivity contribution in [2.75, 3.05) is 25.6 Å². The third-order valence-corrected chi connectivity index (χ3v) is 7.94. The van der Waals surface area contributed by atoms with Crippen LogP contribution in [0.5, 0.6) is 0 Å². The number of ether oxygens (including phenoxy) is 1. The zero-order chi connectivity index (χ0) is 29.4. The molecule has 5 rings (SSSR count). The number of carbonyl (C=O) groups excluding carboxylic acids is 1. The number of allylic oxidation sites excluding steroid dienone is 1. The molecule has 0 spiro atoms. The summed E-state index contributed by atoms with van der Waals surface area (Å²) in [5, 5.41) is 9.51. The number of aromatic carboxylic acids is 1. The number of nitrogens with zero attached hydrogens (tertiary/aromatic N) is 3. The van der Waals surface area contributed by atoms with Gasteiger partial charge in [0, 0.05) is 31.4 Å². The predicted molar refractivity (Wildman–Crippen MR) is 157 cm³/mol. The number of hydrogen-bond donors (Lipinski definition) is 1. The van der Waals surface area contributed by atoms with Crippen molar-refractivity contribution in [2.24, 2.45) is 4.99 Å². The van der Waals surface area contributed by atoms with Crippen LogP contribution in [0.25, 0.3) is 17.4 Å². The number of hydrogen-bond acceptors (Lipinski definition) is 8. The monoisotopic (exact) mass is 591 g/mol. The van der Waals surface area contributed by atoms with Crippen LogP contribution in [-0.4, -0.2) is 42.3 Å². The van der Waals surface area contributed by atoms with Gasteiger partial charge in [-0.2, -0.15) is 0 Å². The summed E-state index contributed by atoms with van der Waals surface area (Å²) in [6, 6.07) is 14.9. The molecule has 0 bridgehead atoms. The van der Waals surface area contributed by atoms with Crippen LogP contribution in [0.4, 0.5) is 5.69 Å². The second-order valence-electron chi connectivity index (χ2n) is 9.49. The van der Waals surface area contributed by atoms with Gasteiger partial charge in [0.2, 0.25) is 0 Å². The largest absolute Gasteiger partial charge is 0.478 e. The molecule has 41 heavy (non-hydrogen) atoms. The van der Waals surface area contributed by atoms with E-state index in [1.165, 1.54) is 28.0 Å². The van der Waals surface area contributed by atoms with Crippen molar-refractivity contribution in [1.29, 1.82) is 0 Å². The van der Waals surface area contributed by atoms with E-state index < -0.39 is 18.0 Å². The number of anilines is 1. The summed E-state index contributed by atoms with van der Waals surface area (Å²) < 4.78 is 13.2. The van der Waals surface area contributed by atoms with Gasteiger partial charge in [0.05, 0.1) is 39.0 Å². The Morgan fingerprint density at radius 3 is 2.56 bits per heavy atom. The number of carbonyl (C=O) groups is 2. The van der Waals surface area contributed by atoms with Gasteiger partial charge in [-0.05, 0) is 61.9 Å². The number of fused-ring (bicyclic) bond motifs is 1. The maximum atomic E-state index is 13.8. The minimum atomic E-state index is -1.15. The molecule has 0 saturated carbocycles. The van der Waals surface area contributed by atoms with Gasteiger partial charge in [0.25, 0.3) is 5.56 Å². The molecule has 0 aliphatic carbocycles. The van der Waals surface area contributed by atoms with Crippen LogP contribution >= 0.6 is 22.9 Å². The molecule has 0 amide bonds. The van der Waals surface area contributed by atoms with Gasteiger partial charge in [-0.3, -0.25) is 9.36 Å². The Balaban J connectivity index is 1.61. The second-order valence-corrected chi connectivity index (χ2v) is 10.9. The van der Waals surface area contributed by atoms with E-state index in [0.717, 1.165) is 11.3 Å². The number of furan rings is 1. The smallest absolute Gasteiger partial charge is 0.338 e. The topological polar surface area (TPSA) is 114 Å². The number of thiazole rings is 1. The summed E-state index contributed by atoms with van der Waals surface area (Å²) in [6.45, 7) is 3.66. The number of aromatic nitrogens is 1. The Bertz CT molecular complexity index is 1880. The van der Waals surface area contributed by atoms with Gasteiger partial charge in [-0.15, -0.1) is 0 Å². The molecule has 0 saturated heterocycles. The highest BCUT2D eigenvalue weighted by molar-refractivity contribution is 7.07. The molecule has 11 heteroatoms. The first-order valence-corrected chi connectivity index (χ1v) is 13.9. The SMILES string of the molecule is CCOC(=O)C1=C(C)N=c2s/c(=C/c3ccc(-c4ccc(Cl)c(C(=O)O)c4)o3)c(=O)n2[C@H]1c1ccc(N(C)C)cc1. The van der Waals surface area contributed by atoms with Crippen LogP contribution < -0.4 is 19.8 Å². The number of esters is 1. The normalized spacial score (nSPS) is 15.0. The molecular weight excluding hydrogens is 566 g/mol. The molecule has 3 heterocycles. The van der Waals surface area contributed by atoms with E-state index in [2.05, 4.69) is 4.99 Å². The van der Waals surface area contributed by atoms with E-state index in [4.69, 9.17) is 20.8 Å². The fraction of sp³-hybridized carbons (Fsp3) is 0.200. The number of benzene rings is 2. The van der Waals surface area contributed by atoms with Crippen molar-refractivity contribution in [3.8, 4) is 11.3 Å². The highest BCUT2D eigenvalue weighted by Crippen LogP contribution is 2.32. The lowest BCUT2D eigenvalue weighted by molar-refractivity contribution is -0.139. The van der Waals surface area contributed by atoms with E-state index in [-0.39, 0.29) is 22.8 Å². The predicted octanol–water partition coefficient (Wildman–Crippen LogP) is 4.48. The minimum absolute atomic E-state index is 0.0400. The summed E-state index contributed by atoms with van der Waals surface area (Å²) in [6.07, 6.45) is 1.61. The first-order valence-electron chi connectivity index (χ1n) is 12.7. The second kappa shape index (κ2) is 11.2. The Hall–Kier alpha value is -4.41. The highest BCUT2D eigenvalue weighted by Gasteiger charge is 2.33. The zero-order valence-corrected chi connectivity index (χ0v) is 24.2. The molecule has 0 unspecified atom stereocenters. The van der Waals surface area contributed by atoms with E-state index >= 15 is 0 Å². The van der Waals surface area contributed by atoms with Crippen LogP contribution in [0.15, 0.2) is 80.1 Å². The van der Waals surface area contributed by atoms with Crippen molar-refractivity contribution >= 4 is 46.6 Å². The Kier molecular flexibility index (Phi) is 7.70. The molecule has 4 aromatic rings. The average Bonchev–Trinajstić information content (AvgIpc) is 3.52. The summed E-state index contributed by atoms with van der Waals surface area (Å²) in [7, 11) is 3.87. The molecule has 1 aliphatic rings. The van der Waals surface area contributed by atoms with E-state index in [9.17, 15) is 19.5 Å². The molecule has 0 radical (unpaired) electrons. The quantitative estimate of drug-likeness (QED) is 0.315. The van der Waals surface area contributed by atoms with E-state index in [1.54, 1.807) is 38.1 Å². The maximum Gasteiger partial charge on any atom is 0.338 e. The Morgan fingerprint density at radius 2 is 1.90 bits per heavy atom. The minimum Gasteiger partial charge on any atom is -0.478 e. The average molecular weight is 592 g/mol. The van der Waals surface area contributed by atoms with Crippen molar-refractivity contribution < 1.29 is 23.8 Å². The number of rotatable bonds is 7. The molecule has 1 N–H and O–H groups in total. The molecule has 2 aromatic heterocycles. The van der Waals surface area contributed by atoms with E-state index in [0.29, 0.717) is 37.7 Å². The summed E-state index contributed by atoms with van der Waals surface area (Å²) in [5.74, 6) is -0.856. The summed E-state index contributed by atoms with van der Waals surface area (Å²) in [5.41, 5.74) is 2.67. The fourth-order valence-electron chi connectivity index (χ4n) is 4.62. The molecule has 1 aliphatic heterocycles. The van der Waals surface area contributed by atoms with Crippen molar-refractivity contribution in [1.82, 2.24) is 4.57 Å². The molecular formula is C30H26ClN3O6S. The molecule has 1 atom stereocenters. The molecule has 2 aromatic carbocycles. The standard InChI is InChI=1S/C30H26ClN3O6S/c1-5-39-29(38)25-16(2)32-30-34(26(25)17-6-9-19(10-7-17)33(3)4)27(35)24(41-30)15-20-11-13-23(40-20)18-8-12-22(31)21(14-18)28(36)37/h6-15,26H,5H2,1-4H3,(H,36,37)/b24-15+/t26-/m0/s1. The number of carboxylic acids is 1. The third-order valence-electron chi connectivity index (χ3n) is 6.62. The van der Waals surface area contributed by atoms with Gasteiger partial charge in [0.1, 0.15) is 11.5 Å². The van der Waals surface area contributed by atoms with Gasteiger partial charge in [-0.1, -0.05) is 35.1 Å². The summed E-state index contributed by atoms with van der Waals surface area (Å²) in [4.78, 5) is 45.4. The number of carboxylic acid groups (broad SMARTS) is 1. The first kappa shape index (κ1) is 28.1. The van der Waals surface area contributed by atoms with Crippen LogP contribution in [0.3, 0.4) is 0 Å². The highest BCUT2D eigenvalue weighted by atomic mass is 35.5. The van der Waals surface area contributed by atoms with Gasteiger partial charge in [0.15, 0.2) is 4.80 Å². The van der Waals surface area contributed by atoms with Gasteiger partial charge >= 0.3 is 11.9 Å². The lowest BCUT2D eigenvalue weighted by Crippen LogP contribution is -2.39. The van der Waals surface area contributed by atoms with Crippen molar-refractivity contribution in [3.05, 3.63) is 107 Å². The lowest BCUT2D eigenvalue weighted by atomic mass is 9.95. The van der Waals surface area contributed by atoms with Crippen LogP contribution in [0, 0.1) is 0 Å². The van der Waals surface area contributed by atoms with Crippen LogP contribution in [0.1, 0.15) is 41.6 Å². The Morgan fingerprint density at radius 1 is 1.17 bits per heavy atom. The number of halogens is 1.